The number of esters is 2. The lowest BCUT2D eigenvalue weighted by molar-refractivity contribution is -0.146. The second-order valence-electron chi connectivity index (χ2n) is 4.75. The highest BCUT2D eigenvalue weighted by Gasteiger charge is 2.26. The van der Waals surface area contributed by atoms with Gasteiger partial charge < -0.3 is 23.7 Å². The fourth-order valence-corrected chi connectivity index (χ4v) is 1.29. The molecule has 0 aliphatic carbocycles. The van der Waals surface area contributed by atoms with E-state index >= 15 is 0 Å². The Bertz CT molecular complexity index is 370. The summed E-state index contributed by atoms with van der Waals surface area (Å²) >= 11 is 0. The first kappa shape index (κ1) is 18.6. The lowest BCUT2D eigenvalue weighted by Crippen LogP contribution is -2.16. The maximum atomic E-state index is 11.4. The minimum atomic E-state index is -0.583. The third kappa shape index (κ3) is 9.49. The standard InChI is InChI=1S/C11H14O6.C4H10O/c1-7(11(13)17-6-9-4-15-9)2-10(12)16-5-8-3-14-8;1-3-5-4-2/h8-9H,1-6H2;3-4H2,1-2H3. The molecule has 0 amide bonds. The molecule has 2 saturated heterocycles. The summed E-state index contributed by atoms with van der Waals surface area (Å²) < 4.78 is 24.3. The van der Waals surface area contributed by atoms with Crippen LogP contribution in [0.5, 0.6) is 0 Å². The molecule has 0 radical (unpaired) electrons. The largest absolute Gasteiger partial charge is 0.463 e. The van der Waals surface area contributed by atoms with Crippen molar-refractivity contribution >= 4 is 11.9 Å². The van der Waals surface area contributed by atoms with E-state index in [0.717, 1.165) is 13.2 Å². The highest BCUT2D eigenvalue weighted by molar-refractivity contribution is 5.93. The monoisotopic (exact) mass is 316 g/mol. The lowest BCUT2D eigenvalue weighted by atomic mass is 10.2. The van der Waals surface area contributed by atoms with E-state index in [1.165, 1.54) is 0 Å². The van der Waals surface area contributed by atoms with Gasteiger partial charge in [-0.05, 0) is 13.8 Å². The van der Waals surface area contributed by atoms with Crippen LogP contribution in [0, 0.1) is 0 Å². The number of hydrogen-bond acceptors (Lipinski definition) is 7. The van der Waals surface area contributed by atoms with Crippen LogP contribution in [-0.2, 0) is 33.3 Å². The Hall–Kier alpha value is -1.44. The number of ether oxygens (including phenoxy) is 5. The summed E-state index contributed by atoms with van der Waals surface area (Å²) in [6.07, 6.45) is -0.131. The SMILES string of the molecule is C=C(CC(=O)OCC1CO1)C(=O)OCC1CO1.CCOCC. The molecule has 7 nitrogen and oxygen atoms in total. The Labute approximate surface area is 130 Å². The normalized spacial score (nSPS) is 21.2. The van der Waals surface area contributed by atoms with E-state index in [-0.39, 0.29) is 37.4 Å². The number of rotatable bonds is 9. The van der Waals surface area contributed by atoms with Crippen molar-refractivity contribution in [2.75, 3.05) is 39.6 Å². The molecule has 0 spiro atoms. The van der Waals surface area contributed by atoms with Gasteiger partial charge in [-0.1, -0.05) is 6.58 Å². The lowest BCUT2D eigenvalue weighted by Gasteiger charge is -2.05. The summed E-state index contributed by atoms with van der Waals surface area (Å²) in [5, 5.41) is 0. The molecule has 0 aromatic carbocycles. The molecule has 2 aliphatic rings. The molecule has 2 aliphatic heterocycles. The smallest absolute Gasteiger partial charge is 0.334 e. The van der Waals surface area contributed by atoms with Crippen LogP contribution >= 0.6 is 0 Å². The van der Waals surface area contributed by atoms with E-state index in [0.29, 0.717) is 13.2 Å². The van der Waals surface area contributed by atoms with Gasteiger partial charge in [0.05, 0.1) is 19.6 Å². The predicted molar refractivity (Wildman–Crippen MR) is 77.3 cm³/mol. The minimum absolute atomic E-state index is 0.00529. The third-order valence-electron chi connectivity index (χ3n) is 2.69. The van der Waals surface area contributed by atoms with Crippen molar-refractivity contribution in [3.05, 3.63) is 12.2 Å². The molecular weight excluding hydrogens is 292 g/mol. The molecule has 126 valence electrons. The van der Waals surface area contributed by atoms with Gasteiger partial charge in [-0.2, -0.15) is 0 Å². The van der Waals surface area contributed by atoms with Gasteiger partial charge in [-0.15, -0.1) is 0 Å². The Morgan fingerprint density at radius 2 is 1.55 bits per heavy atom. The molecule has 2 unspecified atom stereocenters. The van der Waals surface area contributed by atoms with Crippen molar-refractivity contribution < 1.29 is 33.3 Å². The molecule has 0 N–H and O–H groups in total. The fraction of sp³-hybridized carbons (Fsp3) is 0.733. The third-order valence-corrected chi connectivity index (χ3v) is 2.69. The van der Waals surface area contributed by atoms with Gasteiger partial charge in [0.2, 0.25) is 0 Å². The summed E-state index contributed by atoms with van der Waals surface area (Å²) in [5.74, 6) is -1.08. The van der Waals surface area contributed by atoms with Crippen LogP contribution in [0.1, 0.15) is 20.3 Å². The van der Waals surface area contributed by atoms with E-state index in [2.05, 4.69) is 6.58 Å². The molecule has 0 aromatic rings. The summed E-state index contributed by atoms with van der Waals surface area (Å²) in [4.78, 5) is 22.6. The average molecular weight is 316 g/mol. The molecular formula is C15H24O7. The molecule has 0 bridgehead atoms. The van der Waals surface area contributed by atoms with Crippen molar-refractivity contribution in [3.8, 4) is 0 Å². The first-order chi connectivity index (χ1) is 10.6. The second kappa shape index (κ2) is 10.3. The number of carbonyl (C=O) groups excluding carboxylic acids is 2. The van der Waals surface area contributed by atoms with Crippen molar-refractivity contribution in [1.29, 1.82) is 0 Å². The molecule has 0 aromatic heterocycles. The zero-order valence-electron chi connectivity index (χ0n) is 13.2. The van der Waals surface area contributed by atoms with Gasteiger partial charge in [0, 0.05) is 18.8 Å². The van der Waals surface area contributed by atoms with E-state index < -0.39 is 11.9 Å². The first-order valence-corrected chi connectivity index (χ1v) is 7.38. The second-order valence-corrected chi connectivity index (χ2v) is 4.75. The molecule has 7 heteroatoms. The Kier molecular flexibility index (Phi) is 8.72. The fourth-order valence-electron chi connectivity index (χ4n) is 1.29. The van der Waals surface area contributed by atoms with Crippen LogP contribution in [0.4, 0.5) is 0 Å². The van der Waals surface area contributed by atoms with Crippen molar-refractivity contribution in [2.24, 2.45) is 0 Å². The molecule has 2 fully saturated rings. The Morgan fingerprint density at radius 3 is 1.95 bits per heavy atom. The summed E-state index contributed by atoms with van der Waals surface area (Å²) in [6.45, 7) is 10.8. The van der Waals surface area contributed by atoms with Crippen molar-refractivity contribution in [2.45, 2.75) is 32.5 Å². The van der Waals surface area contributed by atoms with Gasteiger partial charge in [0.25, 0.3) is 0 Å². The van der Waals surface area contributed by atoms with Crippen LogP contribution in [-0.4, -0.2) is 63.8 Å². The predicted octanol–water partition coefficient (Wildman–Crippen LogP) is 0.859. The zero-order valence-corrected chi connectivity index (χ0v) is 13.2. The maximum Gasteiger partial charge on any atom is 0.334 e. The maximum absolute atomic E-state index is 11.4. The van der Waals surface area contributed by atoms with Gasteiger partial charge in [-0.3, -0.25) is 4.79 Å². The van der Waals surface area contributed by atoms with Gasteiger partial charge >= 0.3 is 11.9 Å². The molecule has 2 rings (SSSR count). The average Bonchev–Trinajstić information content (AvgIpc) is 3.39. The number of carbonyl (C=O) groups is 2. The number of epoxide rings is 2. The van der Waals surface area contributed by atoms with Gasteiger partial charge in [0.1, 0.15) is 25.4 Å². The van der Waals surface area contributed by atoms with E-state index in [1.54, 1.807) is 0 Å². The van der Waals surface area contributed by atoms with Crippen LogP contribution in [0.3, 0.4) is 0 Å². The topological polar surface area (TPSA) is 86.9 Å². The Morgan fingerprint density at radius 1 is 1.05 bits per heavy atom. The number of hydrogen-bond donors (Lipinski definition) is 0. The summed E-state index contributed by atoms with van der Waals surface area (Å²) in [5.41, 5.74) is 0.0902. The highest BCUT2D eigenvalue weighted by Crippen LogP contribution is 2.12. The molecule has 22 heavy (non-hydrogen) atoms. The van der Waals surface area contributed by atoms with Crippen molar-refractivity contribution in [1.82, 2.24) is 0 Å². The van der Waals surface area contributed by atoms with Crippen LogP contribution in [0.25, 0.3) is 0 Å². The van der Waals surface area contributed by atoms with Crippen LogP contribution < -0.4 is 0 Å². The van der Waals surface area contributed by atoms with Crippen LogP contribution in [0.15, 0.2) is 12.2 Å². The van der Waals surface area contributed by atoms with E-state index in [4.69, 9.17) is 23.7 Å². The molecule has 2 heterocycles. The Balaban J connectivity index is 0.000000422. The minimum Gasteiger partial charge on any atom is -0.463 e. The zero-order chi connectivity index (χ0) is 16.4. The van der Waals surface area contributed by atoms with Crippen molar-refractivity contribution in [3.63, 3.8) is 0 Å². The van der Waals surface area contributed by atoms with Crippen LogP contribution in [0.2, 0.25) is 0 Å². The van der Waals surface area contributed by atoms with Gasteiger partial charge in [-0.25, -0.2) is 4.79 Å². The molecule has 2 atom stereocenters. The summed E-state index contributed by atoms with van der Waals surface area (Å²) in [6, 6.07) is 0. The van der Waals surface area contributed by atoms with E-state index in [9.17, 15) is 9.59 Å². The summed E-state index contributed by atoms with van der Waals surface area (Å²) in [7, 11) is 0. The molecule has 0 saturated carbocycles. The highest BCUT2D eigenvalue weighted by atomic mass is 16.6. The van der Waals surface area contributed by atoms with E-state index in [1.807, 2.05) is 13.8 Å². The quantitative estimate of drug-likeness (QED) is 0.354. The first-order valence-electron chi connectivity index (χ1n) is 7.38. The van der Waals surface area contributed by atoms with Gasteiger partial charge in [0.15, 0.2) is 0 Å².